The SMILES string of the molecule is Cc1[nH]c2ccccc2c1[C@H]1[C@H]2C(=O)N(c3ccc(Cl)c(Cl)c3)C(=O)[C@H]2ON1c1ccccc1. The normalized spacial score (nSPS) is 22.1. The van der Waals surface area contributed by atoms with E-state index >= 15 is 0 Å². The zero-order chi connectivity index (χ0) is 23.6. The highest BCUT2D eigenvalue weighted by Crippen LogP contribution is 2.50. The summed E-state index contributed by atoms with van der Waals surface area (Å²) in [5.41, 5.74) is 3.97. The Balaban J connectivity index is 1.51. The number of hydrogen-bond donors (Lipinski definition) is 1. The quantitative estimate of drug-likeness (QED) is 0.366. The number of hydrogen-bond acceptors (Lipinski definition) is 4. The van der Waals surface area contributed by atoms with Crippen LogP contribution in [0, 0.1) is 12.8 Å². The van der Waals surface area contributed by atoms with Crippen LogP contribution in [-0.2, 0) is 14.4 Å². The highest BCUT2D eigenvalue weighted by Gasteiger charge is 2.61. The summed E-state index contributed by atoms with van der Waals surface area (Å²) in [6.07, 6.45) is -0.958. The van der Waals surface area contributed by atoms with Gasteiger partial charge in [0.25, 0.3) is 5.91 Å². The van der Waals surface area contributed by atoms with Crippen molar-refractivity contribution < 1.29 is 14.4 Å². The largest absolute Gasteiger partial charge is 0.358 e. The van der Waals surface area contributed by atoms with E-state index in [1.165, 1.54) is 6.07 Å². The molecule has 3 atom stereocenters. The molecule has 0 radical (unpaired) electrons. The number of fused-ring (bicyclic) bond motifs is 2. The van der Waals surface area contributed by atoms with Crippen LogP contribution in [0.5, 0.6) is 0 Å². The topological polar surface area (TPSA) is 65.6 Å². The minimum atomic E-state index is -0.958. The molecule has 4 aromatic rings. The van der Waals surface area contributed by atoms with Crippen molar-refractivity contribution in [2.24, 2.45) is 5.92 Å². The maximum Gasteiger partial charge on any atom is 0.266 e. The highest BCUT2D eigenvalue weighted by atomic mass is 35.5. The van der Waals surface area contributed by atoms with Crippen LogP contribution in [0.1, 0.15) is 17.3 Å². The number of aromatic amines is 1. The number of hydroxylamine groups is 1. The summed E-state index contributed by atoms with van der Waals surface area (Å²) in [5.74, 6) is -1.49. The molecule has 0 spiro atoms. The van der Waals surface area contributed by atoms with Crippen molar-refractivity contribution in [2.45, 2.75) is 19.1 Å². The Kier molecular flexibility index (Phi) is 4.92. The maximum absolute atomic E-state index is 13.8. The van der Waals surface area contributed by atoms with Gasteiger partial charge < -0.3 is 4.98 Å². The Morgan fingerprint density at radius 1 is 0.853 bits per heavy atom. The second-order valence-corrected chi connectivity index (χ2v) is 9.29. The van der Waals surface area contributed by atoms with Gasteiger partial charge in [-0.1, -0.05) is 59.6 Å². The molecule has 0 bridgehead atoms. The summed E-state index contributed by atoms with van der Waals surface area (Å²) in [5, 5.41) is 3.32. The summed E-state index contributed by atoms with van der Waals surface area (Å²) in [7, 11) is 0. The number of benzene rings is 3. The predicted molar refractivity (Wildman–Crippen MR) is 132 cm³/mol. The number of nitrogens with one attached hydrogen (secondary N) is 1. The molecule has 2 aliphatic heterocycles. The number of nitrogens with zero attached hydrogens (tertiary/aromatic N) is 2. The van der Waals surface area contributed by atoms with Crippen LogP contribution < -0.4 is 9.96 Å². The minimum Gasteiger partial charge on any atom is -0.358 e. The fourth-order valence-corrected chi connectivity index (χ4v) is 5.36. The van der Waals surface area contributed by atoms with Gasteiger partial charge in [0, 0.05) is 22.2 Å². The van der Waals surface area contributed by atoms with Gasteiger partial charge in [-0.05, 0) is 43.3 Å². The van der Waals surface area contributed by atoms with Crippen molar-refractivity contribution in [3.05, 3.63) is 94.1 Å². The third-order valence-electron chi connectivity index (χ3n) is 6.53. The Hall–Kier alpha value is -3.32. The molecule has 2 saturated heterocycles. The van der Waals surface area contributed by atoms with Gasteiger partial charge in [-0.3, -0.25) is 14.4 Å². The Bertz CT molecular complexity index is 1450. The fraction of sp³-hybridized carbons (Fsp3) is 0.154. The van der Waals surface area contributed by atoms with E-state index < -0.39 is 24.0 Å². The molecule has 2 aliphatic rings. The van der Waals surface area contributed by atoms with Crippen LogP contribution in [0.25, 0.3) is 10.9 Å². The molecule has 0 aliphatic carbocycles. The van der Waals surface area contributed by atoms with Crippen molar-refractivity contribution in [3.63, 3.8) is 0 Å². The van der Waals surface area contributed by atoms with Gasteiger partial charge in [0.1, 0.15) is 5.92 Å². The van der Waals surface area contributed by atoms with Gasteiger partial charge in [0.15, 0.2) is 6.10 Å². The van der Waals surface area contributed by atoms with Crippen LogP contribution in [0.3, 0.4) is 0 Å². The number of anilines is 2. The van der Waals surface area contributed by atoms with Crippen molar-refractivity contribution in [3.8, 4) is 0 Å². The number of halogens is 2. The van der Waals surface area contributed by atoms with Crippen LogP contribution in [-0.4, -0.2) is 22.9 Å². The number of aryl methyl sites for hydroxylation is 1. The first-order valence-corrected chi connectivity index (χ1v) is 11.6. The third-order valence-corrected chi connectivity index (χ3v) is 7.27. The van der Waals surface area contributed by atoms with Gasteiger partial charge >= 0.3 is 0 Å². The number of amides is 2. The standard InChI is InChI=1S/C26H19Cl2N3O3/c1-14-21(17-9-5-6-10-20(17)29-14)23-22-24(34-31(23)15-7-3-2-4-8-15)26(33)30(25(22)32)16-11-12-18(27)19(28)13-16/h2-13,22-24,29H,1H3/t22-,23+,24+/m1/s1. The van der Waals surface area contributed by atoms with E-state index in [0.29, 0.717) is 10.7 Å². The van der Waals surface area contributed by atoms with E-state index in [2.05, 4.69) is 4.98 Å². The number of H-pyrrole nitrogens is 1. The molecule has 0 saturated carbocycles. The number of aromatic nitrogens is 1. The molecular weight excluding hydrogens is 473 g/mol. The van der Waals surface area contributed by atoms with Crippen molar-refractivity contribution in [1.82, 2.24) is 4.98 Å². The third kappa shape index (κ3) is 3.06. The fourth-order valence-electron chi connectivity index (χ4n) is 5.06. The second-order valence-electron chi connectivity index (χ2n) is 8.48. The van der Waals surface area contributed by atoms with Crippen LogP contribution in [0.2, 0.25) is 10.0 Å². The second kappa shape index (κ2) is 7.87. The molecule has 8 heteroatoms. The summed E-state index contributed by atoms with van der Waals surface area (Å²) in [6, 6.07) is 21.7. The van der Waals surface area contributed by atoms with E-state index in [1.54, 1.807) is 17.2 Å². The van der Waals surface area contributed by atoms with Crippen molar-refractivity contribution >= 4 is 57.3 Å². The van der Waals surface area contributed by atoms with Crippen LogP contribution in [0.4, 0.5) is 11.4 Å². The van der Waals surface area contributed by atoms with Gasteiger partial charge in [-0.25, -0.2) is 9.96 Å². The van der Waals surface area contributed by atoms with Crippen LogP contribution >= 0.6 is 23.2 Å². The van der Waals surface area contributed by atoms with E-state index in [9.17, 15) is 9.59 Å². The Morgan fingerprint density at radius 3 is 2.35 bits per heavy atom. The first-order valence-electron chi connectivity index (χ1n) is 10.9. The first-order chi connectivity index (χ1) is 16.5. The van der Waals surface area contributed by atoms with Crippen LogP contribution in [0.15, 0.2) is 72.8 Å². The number of rotatable bonds is 3. The van der Waals surface area contributed by atoms with E-state index in [1.807, 2.05) is 61.5 Å². The molecule has 3 heterocycles. The number of para-hydroxylation sites is 2. The molecule has 6 rings (SSSR count). The molecule has 2 amide bonds. The number of imide groups is 1. The summed E-state index contributed by atoms with van der Waals surface area (Å²) >= 11 is 12.2. The zero-order valence-electron chi connectivity index (χ0n) is 18.0. The lowest BCUT2D eigenvalue weighted by atomic mass is 9.89. The van der Waals surface area contributed by atoms with E-state index in [-0.39, 0.29) is 10.9 Å². The Labute approximate surface area is 205 Å². The molecule has 3 aromatic carbocycles. The Morgan fingerprint density at radius 2 is 1.59 bits per heavy atom. The van der Waals surface area contributed by atoms with Crippen molar-refractivity contribution in [2.75, 3.05) is 9.96 Å². The molecule has 0 unspecified atom stereocenters. The number of carbonyl (C=O) groups is 2. The molecule has 6 nitrogen and oxygen atoms in total. The molecule has 34 heavy (non-hydrogen) atoms. The molecule has 170 valence electrons. The lowest BCUT2D eigenvalue weighted by Crippen LogP contribution is -2.37. The summed E-state index contributed by atoms with van der Waals surface area (Å²) in [4.78, 5) is 38.2. The monoisotopic (exact) mass is 491 g/mol. The average Bonchev–Trinajstić information content (AvgIpc) is 3.45. The van der Waals surface area contributed by atoms with Gasteiger partial charge in [0.2, 0.25) is 5.91 Å². The first kappa shape index (κ1) is 21.2. The maximum atomic E-state index is 13.8. The minimum absolute atomic E-state index is 0.271. The predicted octanol–water partition coefficient (Wildman–Crippen LogP) is 5.83. The molecular formula is C26H19Cl2N3O3. The van der Waals surface area contributed by atoms with Gasteiger partial charge in [-0.2, -0.15) is 0 Å². The van der Waals surface area contributed by atoms with E-state index in [0.717, 1.165) is 32.7 Å². The lowest BCUT2D eigenvalue weighted by Gasteiger charge is -2.29. The summed E-state index contributed by atoms with van der Waals surface area (Å²) < 4.78 is 0. The summed E-state index contributed by atoms with van der Waals surface area (Å²) in [6.45, 7) is 1.98. The molecule has 1 aromatic heterocycles. The zero-order valence-corrected chi connectivity index (χ0v) is 19.5. The number of carbonyl (C=O) groups excluding carboxylic acids is 2. The van der Waals surface area contributed by atoms with Crippen molar-refractivity contribution in [1.29, 1.82) is 0 Å². The van der Waals surface area contributed by atoms with Gasteiger partial charge in [-0.15, -0.1) is 0 Å². The average molecular weight is 492 g/mol. The van der Waals surface area contributed by atoms with Gasteiger partial charge in [0.05, 0.1) is 27.5 Å². The van der Waals surface area contributed by atoms with E-state index in [4.69, 9.17) is 28.0 Å². The molecule has 2 fully saturated rings. The highest BCUT2D eigenvalue weighted by molar-refractivity contribution is 6.42. The smallest absolute Gasteiger partial charge is 0.266 e. The molecule has 1 N–H and O–H groups in total. The lowest BCUT2D eigenvalue weighted by molar-refractivity contribution is -0.126.